The average Bonchev–Trinajstić information content (AvgIpc) is 2.87. The predicted octanol–water partition coefficient (Wildman–Crippen LogP) is 6.36. The first-order valence-corrected chi connectivity index (χ1v) is 11.3. The lowest BCUT2D eigenvalue weighted by Crippen LogP contribution is -2.28. The molecule has 0 fully saturated rings. The van der Waals surface area contributed by atoms with Crippen LogP contribution < -0.4 is 5.32 Å². The molecule has 170 valence electrons. The Bertz CT molecular complexity index is 1210. The molecular formula is C30H27NO3. The van der Waals surface area contributed by atoms with E-state index >= 15 is 0 Å². The fraction of sp³-hybridized carbons (Fsp3) is 0.133. The topological polar surface area (TPSA) is 55.4 Å². The zero-order valence-electron chi connectivity index (χ0n) is 19.3. The Balaban J connectivity index is 1.67. The molecule has 0 aromatic heterocycles. The highest BCUT2D eigenvalue weighted by Gasteiger charge is 2.31. The van der Waals surface area contributed by atoms with E-state index in [1.807, 2.05) is 111 Å². The summed E-state index contributed by atoms with van der Waals surface area (Å²) in [6.45, 7) is 3.90. The van der Waals surface area contributed by atoms with Crippen molar-refractivity contribution in [1.29, 1.82) is 0 Å². The highest BCUT2D eigenvalue weighted by Crippen LogP contribution is 2.30. The highest BCUT2D eigenvalue weighted by molar-refractivity contribution is 5.97. The number of anilines is 1. The van der Waals surface area contributed by atoms with Gasteiger partial charge in [0.1, 0.15) is 5.92 Å². The fourth-order valence-electron chi connectivity index (χ4n) is 3.91. The molecule has 0 aliphatic rings. The van der Waals surface area contributed by atoms with Gasteiger partial charge in [-0.15, -0.1) is 0 Å². The molecule has 1 unspecified atom stereocenters. The van der Waals surface area contributed by atoms with E-state index in [-0.39, 0.29) is 0 Å². The molecule has 0 spiro atoms. The first kappa shape index (κ1) is 23.0. The number of benzene rings is 4. The van der Waals surface area contributed by atoms with Crippen LogP contribution in [-0.2, 0) is 14.3 Å². The van der Waals surface area contributed by atoms with Gasteiger partial charge in [0.15, 0.2) is 0 Å². The maximum Gasteiger partial charge on any atom is 0.319 e. The van der Waals surface area contributed by atoms with E-state index in [4.69, 9.17) is 4.74 Å². The third-order valence-electron chi connectivity index (χ3n) is 5.73. The van der Waals surface area contributed by atoms with E-state index in [0.29, 0.717) is 11.3 Å². The Labute approximate surface area is 200 Å². The molecule has 4 aromatic rings. The van der Waals surface area contributed by atoms with Crippen LogP contribution in [-0.4, -0.2) is 11.9 Å². The third-order valence-corrected chi connectivity index (χ3v) is 5.73. The number of amides is 1. The molecule has 4 nitrogen and oxygen atoms in total. The number of carbonyl (C=O) groups is 2. The summed E-state index contributed by atoms with van der Waals surface area (Å²) in [6.07, 6.45) is -1.09. The number of aryl methyl sites for hydroxylation is 2. The molecule has 1 atom stereocenters. The fourth-order valence-corrected chi connectivity index (χ4v) is 3.91. The van der Waals surface area contributed by atoms with Gasteiger partial charge in [-0.2, -0.15) is 0 Å². The van der Waals surface area contributed by atoms with Crippen LogP contribution in [0.2, 0.25) is 0 Å². The second-order valence-electron chi connectivity index (χ2n) is 8.29. The van der Waals surface area contributed by atoms with Crippen LogP contribution in [0.3, 0.4) is 0 Å². The van der Waals surface area contributed by atoms with Crippen molar-refractivity contribution >= 4 is 17.6 Å². The van der Waals surface area contributed by atoms with Crippen molar-refractivity contribution in [3.8, 4) is 0 Å². The molecule has 0 bridgehead atoms. The van der Waals surface area contributed by atoms with Gasteiger partial charge in [-0.3, -0.25) is 9.59 Å². The average molecular weight is 450 g/mol. The Morgan fingerprint density at radius 2 is 1.18 bits per heavy atom. The zero-order chi connectivity index (χ0) is 23.9. The van der Waals surface area contributed by atoms with E-state index in [1.165, 1.54) is 0 Å². The summed E-state index contributed by atoms with van der Waals surface area (Å²) in [6, 6.07) is 33.9. The minimum atomic E-state index is -1.09. The summed E-state index contributed by atoms with van der Waals surface area (Å²) in [5, 5.41) is 2.96. The molecular weight excluding hydrogens is 422 g/mol. The number of nitrogens with one attached hydrogen (secondary N) is 1. The molecule has 1 N–H and O–H groups in total. The highest BCUT2D eigenvalue weighted by atomic mass is 16.5. The number of hydrogen-bond donors (Lipinski definition) is 1. The van der Waals surface area contributed by atoms with Gasteiger partial charge in [-0.25, -0.2) is 0 Å². The van der Waals surface area contributed by atoms with Crippen LogP contribution in [0.4, 0.5) is 5.69 Å². The Morgan fingerprint density at radius 1 is 0.676 bits per heavy atom. The predicted molar refractivity (Wildman–Crippen MR) is 135 cm³/mol. The van der Waals surface area contributed by atoms with E-state index in [0.717, 1.165) is 22.3 Å². The van der Waals surface area contributed by atoms with Crippen LogP contribution in [0.25, 0.3) is 0 Å². The van der Waals surface area contributed by atoms with Crippen LogP contribution in [0.15, 0.2) is 109 Å². The maximum absolute atomic E-state index is 13.6. The lowest BCUT2D eigenvalue weighted by Gasteiger charge is -2.23. The van der Waals surface area contributed by atoms with Crippen molar-refractivity contribution in [3.63, 3.8) is 0 Å². The second kappa shape index (κ2) is 10.6. The minimum absolute atomic E-state index is 0.395. The third kappa shape index (κ3) is 5.41. The van der Waals surface area contributed by atoms with Crippen molar-refractivity contribution < 1.29 is 14.3 Å². The first-order valence-electron chi connectivity index (χ1n) is 11.3. The zero-order valence-corrected chi connectivity index (χ0v) is 19.3. The molecule has 4 aromatic carbocycles. The Hall–Kier alpha value is -4.18. The minimum Gasteiger partial charge on any atom is -0.447 e. The van der Waals surface area contributed by atoms with Gasteiger partial charge in [-0.1, -0.05) is 103 Å². The molecule has 34 heavy (non-hydrogen) atoms. The van der Waals surface area contributed by atoms with Gasteiger partial charge in [-0.05, 0) is 42.2 Å². The molecule has 1 amide bonds. The van der Waals surface area contributed by atoms with Crippen molar-refractivity contribution in [2.75, 3.05) is 5.32 Å². The summed E-state index contributed by atoms with van der Waals surface area (Å²) in [5.74, 6) is -1.53. The van der Waals surface area contributed by atoms with Crippen molar-refractivity contribution in [1.82, 2.24) is 0 Å². The quantitative estimate of drug-likeness (QED) is 0.334. The summed E-state index contributed by atoms with van der Waals surface area (Å²) in [5.41, 5.74) is 4.88. The molecule has 4 heteroatoms. The van der Waals surface area contributed by atoms with Gasteiger partial charge in [0, 0.05) is 11.3 Å². The summed E-state index contributed by atoms with van der Waals surface area (Å²) < 4.78 is 5.96. The van der Waals surface area contributed by atoms with Crippen molar-refractivity contribution in [2.24, 2.45) is 0 Å². The van der Waals surface area contributed by atoms with Crippen molar-refractivity contribution in [2.45, 2.75) is 25.9 Å². The van der Waals surface area contributed by atoms with Crippen LogP contribution in [0.5, 0.6) is 0 Å². The normalized spacial score (nSPS) is 11.6. The smallest absolute Gasteiger partial charge is 0.319 e. The van der Waals surface area contributed by atoms with Crippen LogP contribution in [0.1, 0.15) is 39.8 Å². The molecule has 0 heterocycles. The molecule has 4 rings (SSSR count). The van der Waals surface area contributed by atoms with E-state index < -0.39 is 23.9 Å². The monoisotopic (exact) mass is 449 g/mol. The Morgan fingerprint density at radius 3 is 1.71 bits per heavy atom. The molecule has 0 saturated carbocycles. The maximum atomic E-state index is 13.6. The summed E-state index contributed by atoms with van der Waals surface area (Å²) in [7, 11) is 0. The van der Waals surface area contributed by atoms with Gasteiger partial charge in [0.2, 0.25) is 6.10 Å². The lowest BCUT2D eigenvalue weighted by molar-refractivity contribution is -0.155. The van der Waals surface area contributed by atoms with Gasteiger partial charge < -0.3 is 10.1 Å². The molecule has 0 radical (unpaired) electrons. The standard InChI is InChI=1S/C30H27NO3/c1-21-18-19-22(2)26(20-21)31-29(32)28(25-16-10-5-11-17-25)34-30(33)27(23-12-6-3-7-13-23)24-14-8-4-9-15-24/h3-20,27-28H,1-2H3,(H,31,32). The lowest BCUT2D eigenvalue weighted by atomic mass is 9.91. The summed E-state index contributed by atoms with van der Waals surface area (Å²) in [4.78, 5) is 27.0. The number of hydrogen-bond acceptors (Lipinski definition) is 3. The number of esters is 1. The SMILES string of the molecule is Cc1ccc(C)c(NC(=O)C(OC(=O)C(c2ccccc2)c2ccccc2)c2ccccc2)c1. The molecule has 0 aliphatic carbocycles. The van der Waals surface area contributed by atoms with Gasteiger partial charge in [0.25, 0.3) is 5.91 Å². The van der Waals surface area contributed by atoms with Crippen LogP contribution >= 0.6 is 0 Å². The number of carbonyl (C=O) groups excluding carboxylic acids is 2. The van der Waals surface area contributed by atoms with Crippen LogP contribution in [0, 0.1) is 13.8 Å². The van der Waals surface area contributed by atoms with E-state index in [2.05, 4.69) is 5.32 Å². The van der Waals surface area contributed by atoms with E-state index in [1.54, 1.807) is 12.1 Å². The number of ether oxygens (including phenoxy) is 1. The summed E-state index contributed by atoms with van der Waals surface area (Å²) >= 11 is 0. The molecule has 0 aliphatic heterocycles. The first-order chi connectivity index (χ1) is 16.5. The molecule has 0 saturated heterocycles. The number of rotatable bonds is 7. The van der Waals surface area contributed by atoms with Gasteiger partial charge in [0.05, 0.1) is 0 Å². The second-order valence-corrected chi connectivity index (χ2v) is 8.29. The largest absolute Gasteiger partial charge is 0.447 e. The van der Waals surface area contributed by atoms with E-state index in [9.17, 15) is 9.59 Å². The Kier molecular flexibility index (Phi) is 7.19. The van der Waals surface area contributed by atoms with Gasteiger partial charge >= 0.3 is 5.97 Å². The van der Waals surface area contributed by atoms with Crippen molar-refractivity contribution in [3.05, 3.63) is 137 Å².